The number of nitrogens with zero attached hydrogens (tertiary/aromatic N) is 3. The minimum Gasteiger partial charge on any atom is -0.335 e. The predicted molar refractivity (Wildman–Crippen MR) is 70.7 cm³/mol. The van der Waals surface area contributed by atoms with Gasteiger partial charge in [0, 0.05) is 24.3 Å². The number of ketones is 1. The normalized spacial score (nSPS) is 12.6. The number of carbonyl (C=O) groups is 1. The molecule has 6 heteroatoms. The first-order chi connectivity index (χ1) is 8.61. The highest BCUT2D eigenvalue weighted by Gasteiger charge is 2.15. The molecule has 18 heavy (non-hydrogen) atoms. The number of hydrogen-bond donors (Lipinski definition) is 1. The van der Waals surface area contributed by atoms with Crippen molar-refractivity contribution in [2.75, 3.05) is 0 Å². The first kappa shape index (κ1) is 12.9. The number of carbonyl (C=O) groups excluding carboxylic acids is 1. The average Bonchev–Trinajstić information content (AvgIpc) is 2.96. The number of aryl methyl sites for hydroxylation is 1. The van der Waals surface area contributed by atoms with E-state index in [2.05, 4.69) is 9.97 Å². The lowest BCUT2D eigenvalue weighted by molar-refractivity contribution is 0.0985. The van der Waals surface area contributed by atoms with E-state index in [1.54, 1.807) is 11.6 Å². The summed E-state index contributed by atoms with van der Waals surface area (Å²) in [6, 6.07) is -0.130. The van der Waals surface area contributed by atoms with Crippen LogP contribution in [0.2, 0.25) is 0 Å². The van der Waals surface area contributed by atoms with Gasteiger partial charge in [-0.1, -0.05) is 0 Å². The van der Waals surface area contributed by atoms with Crippen LogP contribution in [-0.4, -0.2) is 20.3 Å². The molecule has 0 saturated heterocycles. The number of imidazole rings is 1. The Bertz CT molecular complexity index is 544. The van der Waals surface area contributed by atoms with E-state index in [9.17, 15) is 4.79 Å². The van der Waals surface area contributed by atoms with Crippen LogP contribution in [0.4, 0.5) is 0 Å². The molecule has 0 saturated carbocycles. The van der Waals surface area contributed by atoms with Crippen molar-refractivity contribution in [1.82, 2.24) is 14.5 Å². The maximum absolute atomic E-state index is 12.1. The van der Waals surface area contributed by atoms with Crippen LogP contribution >= 0.6 is 11.3 Å². The lowest BCUT2D eigenvalue weighted by Gasteiger charge is -2.02. The molecule has 1 unspecified atom stereocenters. The molecule has 0 bridgehead atoms. The molecule has 0 aromatic carbocycles. The highest BCUT2D eigenvalue weighted by Crippen LogP contribution is 2.17. The lowest BCUT2D eigenvalue weighted by Crippen LogP contribution is -2.11. The molecule has 2 N–H and O–H groups in total. The van der Waals surface area contributed by atoms with Gasteiger partial charge in [-0.25, -0.2) is 9.97 Å². The van der Waals surface area contributed by atoms with Gasteiger partial charge in [0.1, 0.15) is 16.5 Å². The Morgan fingerprint density at radius 1 is 1.61 bits per heavy atom. The van der Waals surface area contributed by atoms with E-state index in [1.807, 2.05) is 24.6 Å². The van der Waals surface area contributed by atoms with Crippen molar-refractivity contribution in [3.05, 3.63) is 34.3 Å². The fourth-order valence-electron chi connectivity index (χ4n) is 1.65. The Morgan fingerprint density at radius 3 is 3.00 bits per heavy atom. The Kier molecular flexibility index (Phi) is 3.88. The molecule has 0 spiro atoms. The number of rotatable bonds is 5. The molecule has 96 valence electrons. The quantitative estimate of drug-likeness (QED) is 0.836. The lowest BCUT2D eigenvalue weighted by atomic mass is 10.2. The van der Waals surface area contributed by atoms with Gasteiger partial charge in [-0.05, 0) is 13.8 Å². The van der Waals surface area contributed by atoms with Gasteiger partial charge in [0.15, 0.2) is 5.78 Å². The van der Waals surface area contributed by atoms with Crippen molar-refractivity contribution in [3.8, 4) is 0 Å². The molecule has 2 aromatic heterocycles. The molecule has 2 aromatic rings. The molecule has 0 fully saturated rings. The Hall–Kier alpha value is -1.53. The summed E-state index contributed by atoms with van der Waals surface area (Å²) in [5.74, 6) is 0.761. The van der Waals surface area contributed by atoms with Gasteiger partial charge in [0.25, 0.3) is 0 Å². The second kappa shape index (κ2) is 5.41. The maximum Gasteiger partial charge on any atom is 0.189 e. The Morgan fingerprint density at radius 2 is 2.39 bits per heavy atom. The summed E-state index contributed by atoms with van der Waals surface area (Å²) in [6.07, 6.45) is 3.86. The van der Waals surface area contributed by atoms with Crippen LogP contribution in [0.25, 0.3) is 0 Å². The summed E-state index contributed by atoms with van der Waals surface area (Å²) >= 11 is 1.42. The van der Waals surface area contributed by atoms with Gasteiger partial charge < -0.3 is 10.3 Å². The highest BCUT2D eigenvalue weighted by atomic mass is 32.1. The first-order valence-corrected chi connectivity index (χ1v) is 6.74. The van der Waals surface area contributed by atoms with E-state index in [1.165, 1.54) is 11.3 Å². The van der Waals surface area contributed by atoms with Gasteiger partial charge in [-0.2, -0.15) is 0 Å². The maximum atomic E-state index is 12.1. The third-order valence-corrected chi connectivity index (χ3v) is 3.70. The summed E-state index contributed by atoms with van der Waals surface area (Å²) in [7, 11) is 0. The van der Waals surface area contributed by atoms with Crippen LogP contribution in [-0.2, 0) is 13.0 Å². The van der Waals surface area contributed by atoms with Crippen molar-refractivity contribution in [1.29, 1.82) is 0 Å². The summed E-state index contributed by atoms with van der Waals surface area (Å²) < 4.78 is 1.96. The number of aromatic nitrogens is 3. The monoisotopic (exact) mass is 264 g/mol. The van der Waals surface area contributed by atoms with Gasteiger partial charge >= 0.3 is 0 Å². The van der Waals surface area contributed by atoms with E-state index in [0.717, 1.165) is 17.4 Å². The van der Waals surface area contributed by atoms with E-state index in [0.29, 0.717) is 5.69 Å². The molecule has 0 aliphatic rings. The zero-order chi connectivity index (χ0) is 13.1. The van der Waals surface area contributed by atoms with Gasteiger partial charge in [-0.15, -0.1) is 11.3 Å². The fourth-order valence-corrected chi connectivity index (χ4v) is 2.44. The van der Waals surface area contributed by atoms with Crippen molar-refractivity contribution in [2.24, 2.45) is 5.73 Å². The second-order valence-electron chi connectivity index (χ2n) is 4.09. The third kappa shape index (κ3) is 2.65. The Balaban J connectivity index is 2.12. The molecule has 0 amide bonds. The van der Waals surface area contributed by atoms with Crippen molar-refractivity contribution >= 4 is 17.1 Å². The highest BCUT2D eigenvalue weighted by molar-refractivity contribution is 7.09. The fraction of sp³-hybridized carbons (Fsp3) is 0.417. The molecule has 2 rings (SSSR count). The van der Waals surface area contributed by atoms with Gasteiger partial charge in [0.2, 0.25) is 0 Å². The summed E-state index contributed by atoms with van der Waals surface area (Å²) in [4.78, 5) is 20.5. The molecule has 5 nitrogen and oxygen atoms in total. The van der Waals surface area contributed by atoms with Crippen LogP contribution in [0.15, 0.2) is 17.8 Å². The van der Waals surface area contributed by atoms with Gasteiger partial charge in [0.05, 0.1) is 12.5 Å². The van der Waals surface area contributed by atoms with Crippen molar-refractivity contribution in [2.45, 2.75) is 32.9 Å². The largest absolute Gasteiger partial charge is 0.335 e. The zero-order valence-corrected chi connectivity index (χ0v) is 11.3. The minimum atomic E-state index is -0.130. The zero-order valence-electron chi connectivity index (χ0n) is 10.5. The average molecular weight is 264 g/mol. The molecule has 0 aliphatic carbocycles. The summed E-state index contributed by atoms with van der Waals surface area (Å²) in [6.45, 7) is 4.69. The molecule has 0 aliphatic heterocycles. The first-order valence-electron chi connectivity index (χ1n) is 5.86. The van der Waals surface area contributed by atoms with E-state index in [-0.39, 0.29) is 18.2 Å². The number of Topliss-reactive ketones (excluding diaryl/α,β-unsaturated/α-hetero) is 1. The third-order valence-electron chi connectivity index (χ3n) is 2.66. The molecule has 0 radical (unpaired) electrons. The molecule has 1 atom stereocenters. The number of nitrogens with two attached hydrogens (primary N) is 1. The van der Waals surface area contributed by atoms with Crippen molar-refractivity contribution < 1.29 is 4.79 Å². The van der Waals surface area contributed by atoms with Crippen LogP contribution in [0, 0.1) is 0 Å². The second-order valence-corrected chi connectivity index (χ2v) is 4.98. The molecular formula is C12H16N4OS. The van der Waals surface area contributed by atoms with Crippen molar-refractivity contribution in [3.63, 3.8) is 0 Å². The van der Waals surface area contributed by atoms with Crippen LogP contribution in [0.3, 0.4) is 0 Å². The smallest absolute Gasteiger partial charge is 0.189 e. The predicted octanol–water partition coefficient (Wildman–Crippen LogP) is 1.80. The minimum absolute atomic E-state index is 0.0148. The molecule has 2 heterocycles. The summed E-state index contributed by atoms with van der Waals surface area (Å²) in [5, 5.41) is 2.55. The number of thiazole rings is 1. The van der Waals surface area contributed by atoms with Crippen LogP contribution < -0.4 is 5.73 Å². The number of hydrogen-bond acceptors (Lipinski definition) is 5. The summed E-state index contributed by atoms with van der Waals surface area (Å²) in [5.41, 5.74) is 6.21. The van der Waals surface area contributed by atoms with Gasteiger partial charge in [-0.3, -0.25) is 4.79 Å². The van der Waals surface area contributed by atoms with Crippen LogP contribution in [0.5, 0.6) is 0 Å². The standard InChI is InChI=1S/C12H16N4OS/c1-3-16-5-4-14-11(16)6-10(17)9-7-18-12(15-9)8(2)13/h4-5,7-8H,3,6,13H2,1-2H3. The van der Waals surface area contributed by atoms with E-state index >= 15 is 0 Å². The molecular weight excluding hydrogens is 248 g/mol. The topological polar surface area (TPSA) is 73.8 Å². The SMILES string of the molecule is CCn1ccnc1CC(=O)c1csc(C(C)N)n1. The Labute approximate surface area is 110 Å². The van der Waals surface area contributed by atoms with E-state index in [4.69, 9.17) is 5.73 Å². The van der Waals surface area contributed by atoms with E-state index < -0.39 is 0 Å². The van der Waals surface area contributed by atoms with Crippen LogP contribution in [0.1, 0.15) is 41.2 Å².